The summed E-state index contributed by atoms with van der Waals surface area (Å²) < 4.78 is 12.2. The second-order valence-corrected chi connectivity index (χ2v) is 8.73. The predicted octanol–water partition coefficient (Wildman–Crippen LogP) is 7.98. The van der Waals surface area contributed by atoms with E-state index in [9.17, 15) is 0 Å². The Bertz CT molecular complexity index is 1150. The van der Waals surface area contributed by atoms with Crippen molar-refractivity contribution in [3.8, 4) is 23.0 Å². The van der Waals surface area contributed by atoms with Crippen molar-refractivity contribution >= 4 is 11.4 Å². The minimum absolute atomic E-state index is 0.304. The van der Waals surface area contributed by atoms with Crippen molar-refractivity contribution in [2.45, 2.75) is 39.5 Å². The van der Waals surface area contributed by atoms with Gasteiger partial charge in [0.25, 0.3) is 0 Å². The molecule has 0 aliphatic rings. The normalized spacial score (nSPS) is 10.9. The Morgan fingerprint density at radius 3 is 1.38 bits per heavy atom. The highest BCUT2D eigenvalue weighted by molar-refractivity contribution is 5.48. The molecule has 0 atom stereocenters. The summed E-state index contributed by atoms with van der Waals surface area (Å²) in [5, 5.41) is 0. The lowest BCUT2D eigenvalue weighted by Gasteiger charge is -2.20. The van der Waals surface area contributed by atoms with Crippen molar-refractivity contribution in [1.82, 2.24) is 0 Å². The Morgan fingerprint density at radius 1 is 0.618 bits per heavy atom. The van der Waals surface area contributed by atoms with Gasteiger partial charge in [0.05, 0.1) is 0 Å². The van der Waals surface area contributed by atoms with E-state index < -0.39 is 0 Å². The van der Waals surface area contributed by atoms with Gasteiger partial charge in [0.2, 0.25) is 0 Å². The number of hydrogen-bond donors (Lipinski definition) is 2. The molecule has 174 valence electrons. The third-order valence-electron chi connectivity index (χ3n) is 6.00. The van der Waals surface area contributed by atoms with Gasteiger partial charge in [0.15, 0.2) is 0 Å². The number of ether oxygens (including phenoxy) is 2. The van der Waals surface area contributed by atoms with E-state index in [1.165, 1.54) is 11.1 Å². The second-order valence-electron chi connectivity index (χ2n) is 8.73. The van der Waals surface area contributed by atoms with Gasteiger partial charge in [-0.1, -0.05) is 37.6 Å². The van der Waals surface area contributed by atoms with E-state index in [1.54, 1.807) is 0 Å². The number of nitrogen functional groups attached to an aromatic ring is 2. The van der Waals surface area contributed by atoms with Gasteiger partial charge >= 0.3 is 0 Å². The molecule has 0 heterocycles. The molecule has 0 aromatic heterocycles. The zero-order valence-electron chi connectivity index (χ0n) is 20.0. The summed E-state index contributed by atoms with van der Waals surface area (Å²) >= 11 is 0. The van der Waals surface area contributed by atoms with Crippen molar-refractivity contribution < 1.29 is 9.47 Å². The Hall–Kier alpha value is -3.92. The summed E-state index contributed by atoms with van der Waals surface area (Å²) in [5.74, 6) is 3.57. The highest BCUT2D eigenvalue weighted by Gasteiger charge is 2.16. The van der Waals surface area contributed by atoms with E-state index in [4.69, 9.17) is 20.9 Å². The van der Waals surface area contributed by atoms with Gasteiger partial charge in [0, 0.05) is 17.3 Å². The van der Waals surface area contributed by atoms with Crippen LogP contribution in [0.25, 0.3) is 0 Å². The first-order valence-corrected chi connectivity index (χ1v) is 11.7. The van der Waals surface area contributed by atoms with Gasteiger partial charge in [-0.3, -0.25) is 0 Å². The van der Waals surface area contributed by atoms with Gasteiger partial charge < -0.3 is 20.9 Å². The summed E-state index contributed by atoms with van der Waals surface area (Å²) in [6.45, 7) is 6.41. The third-order valence-corrected chi connectivity index (χ3v) is 6.00. The fourth-order valence-corrected chi connectivity index (χ4v) is 4.15. The minimum Gasteiger partial charge on any atom is -0.457 e. The average molecular weight is 453 g/mol. The fraction of sp³-hybridized carbons (Fsp3) is 0.200. The maximum atomic E-state index is 6.08. The number of hydrogen-bond acceptors (Lipinski definition) is 4. The van der Waals surface area contributed by atoms with E-state index in [2.05, 4.69) is 57.2 Å². The summed E-state index contributed by atoms with van der Waals surface area (Å²) in [6, 6.07) is 27.9. The average Bonchev–Trinajstić information content (AvgIpc) is 2.83. The Labute approximate surface area is 202 Å². The van der Waals surface area contributed by atoms with Gasteiger partial charge in [-0.15, -0.1) is 0 Å². The van der Waals surface area contributed by atoms with Crippen LogP contribution in [-0.2, 0) is 0 Å². The minimum atomic E-state index is 0.304. The molecule has 4 aromatic carbocycles. The van der Waals surface area contributed by atoms with Crippen molar-refractivity contribution in [3.63, 3.8) is 0 Å². The maximum Gasteiger partial charge on any atom is 0.130 e. The van der Waals surface area contributed by atoms with Crippen molar-refractivity contribution in [2.24, 2.45) is 0 Å². The molecule has 0 bridgehead atoms. The molecule has 0 radical (unpaired) electrons. The van der Waals surface area contributed by atoms with Crippen LogP contribution in [0.2, 0.25) is 0 Å². The highest BCUT2D eigenvalue weighted by Crippen LogP contribution is 2.36. The maximum absolute atomic E-state index is 6.08. The molecule has 4 nitrogen and oxygen atoms in total. The molecule has 4 aromatic rings. The first-order valence-electron chi connectivity index (χ1n) is 11.7. The lowest BCUT2D eigenvalue weighted by Crippen LogP contribution is -2.03. The fourth-order valence-electron chi connectivity index (χ4n) is 4.15. The molecular formula is C30H32N2O2. The Kier molecular flexibility index (Phi) is 7.07. The Balaban J connectivity index is 1.56. The van der Waals surface area contributed by atoms with Gasteiger partial charge in [-0.25, -0.2) is 0 Å². The third kappa shape index (κ3) is 5.52. The monoisotopic (exact) mass is 452 g/mol. The molecule has 0 amide bonds. The largest absolute Gasteiger partial charge is 0.457 e. The molecule has 4 heteroatoms. The lowest BCUT2D eigenvalue weighted by molar-refractivity contribution is 0.478. The van der Waals surface area contributed by atoms with Crippen LogP contribution in [0.4, 0.5) is 11.4 Å². The smallest absolute Gasteiger partial charge is 0.130 e. The molecule has 34 heavy (non-hydrogen) atoms. The number of nitrogens with two attached hydrogens (primary N) is 2. The van der Waals surface area contributed by atoms with Crippen LogP contribution in [0, 0.1) is 13.8 Å². The predicted molar refractivity (Wildman–Crippen MR) is 141 cm³/mol. The molecule has 0 unspecified atom stereocenters. The lowest BCUT2D eigenvalue weighted by atomic mass is 9.86. The van der Waals surface area contributed by atoms with Crippen molar-refractivity contribution in [3.05, 3.63) is 107 Å². The molecule has 0 saturated carbocycles. The number of aryl methyl sites for hydroxylation is 2. The van der Waals surface area contributed by atoms with Crippen molar-refractivity contribution in [1.29, 1.82) is 0 Å². The molecule has 0 spiro atoms. The SMILES string of the molecule is CCCC(c1ccc(Oc2ccc(N)cc2)c(C)c1)c1ccc(Oc2ccc(N)cc2)c(C)c1. The zero-order valence-corrected chi connectivity index (χ0v) is 20.0. The van der Waals surface area contributed by atoms with E-state index in [-0.39, 0.29) is 0 Å². The van der Waals surface area contributed by atoms with E-state index in [0.29, 0.717) is 5.92 Å². The van der Waals surface area contributed by atoms with Gasteiger partial charge in [-0.2, -0.15) is 0 Å². The topological polar surface area (TPSA) is 70.5 Å². The van der Waals surface area contributed by atoms with Crippen LogP contribution in [0.3, 0.4) is 0 Å². The molecule has 0 saturated heterocycles. The number of rotatable bonds is 8. The van der Waals surface area contributed by atoms with E-state index in [1.807, 2.05) is 48.5 Å². The molecule has 0 aliphatic carbocycles. The molecule has 4 rings (SSSR count). The van der Waals surface area contributed by atoms with Crippen LogP contribution in [0.5, 0.6) is 23.0 Å². The first-order chi connectivity index (χ1) is 16.4. The number of anilines is 2. The summed E-state index contributed by atoms with van der Waals surface area (Å²) in [7, 11) is 0. The van der Waals surface area contributed by atoms with Crippen LogP contribution < -0.4 is 20.9 Å². The summed E-state index contributed by atoms with van der Waals surface area (Å²) in [5.41, 5.74) is 17.8. The number of benzene rings is 4. The van der Waals surface area contributed by atoms with Crippen LogP contribution in [0.15, 0.2) is 84.9 Å². The van der Waals surface area contributed by atoms with Crippen LogP contribution in [0.1, 0.15) is 47.9 Å². The highest BCUT2D eigenvalue weighted by atomic mass is 16.5. The van der Waals surface area contributed by atoms with Crippen LogP contribution in [-0.4, -0.2) is 0 Å². The van der Waals surface area contributed by atoms with Gasteiger partial charge in [0.1, 0.15) is 23.0 Å². The van der Waals surface area contributed by atoms with E-state index in [0.717, 1.165) is 58.3 Å². The summed E-state index contributed by atoms with van der Waals surface area (Å²) in [6.07, 6.45) is 2.16. The summed E-state index contributed by atoms with van der Waals surface area (Å²) in [4.78, 5) is 0. The molecule has 4 N–H and O–H groups in total. The molecule has 0 aliphatic heterocycles. The quantitative estimate of drug-likeness (QED) is 0.266. The first kappa shape index (κ1) is 23.2. The standard InChI is InChI=1S/C30H32N2O2/c1-4-5-28(22-6-16-29(20(2)18-22)33-26-12-8-24(31)9-13-26)23-7-17-30(21(3)19-23)34-27-14-10-25(32)11-15-27/h6-19,28H,4-5,31-32H2,1-3H3. The second kappa shape index (κ2) is 10.3. The van der Waals surface area contributed by atoms with Crippen molar-refractivity contribution in [2.75, 3.05) is 11.5 Å². The molecule has 0 fully saturated rings. The van der Waals surface area contributed by atoms with E-state index >= 15 is 0 Å². The molecular weight excluding hydrogens is 420 g/mol. The van der Waals surface area contributed by atoms with Gasteiger partial charge in [-0.05, 0) is 103 Å². The zero-order chi connectivity index (χ0) is 24.1. The van der Waals surface area contributed by atoms with Crippen LogP contribution >= 0.6 is 0 Å². The Morgan fingerprint density at radius 2 is 1.03 bits per heavy atom.